The molecule has 0 atom stereocenters. The summed E-state index contributed by atoms with van der Waals surface area (Å²) in [6.07, 6.45) is 1.22. The summed E-state index contributed by atoms with van der Waals surface area (Å²) in [7, 11) is -1.19. The van der Waals surface area contributed by atoms with E-state index in [1.54, 1.807) is 18.9 Å². The number of aromatic nitrogens is 2. The summed E-state index contributed by atoms with van der Waals surface area (Å²) >= 11 is 0. The molecule has 0 fully saturated rings. The highest BCUT2D eigenvalue weighted by Gasteiger charge is 2.12. The number of nitrogens with two attached hydrogens (primary N) is 1. The molecule has 2 N–H and O–H groups in total. The molecular weight excluding hydrogens is 240 g/mol. The Morgan fingerprint density at radius 3 is 2.41 bits per heavy atom. The van der Waals surface area contributed by atoms with Gasteiger partial charge in [0.05, 0.1) is 5.75 Å². The van der Waals surface area contributed by atoms with Crippen molar-refractivity contribution in [3.8, 4) is 0 Å². The van der Waals surface area contributed by atoms with Gasteiger partial charge < -0.3 is 10.6 Å². The maximum absolute atomic E-state index is 11.1. The van der Waals surface area contributed by atoms with Crippen LogP contribution in [-0.2, 0) is 9.84 Å². The molecule has 0 amide bonds. The van der Waals surface area contributed by atoms with E-state index in [4.69, 9.17) is 5.73 Å². The van der Waals surface area contributed by atoms with Crippen molar-refractivity contribution >= 4 is 21.5 Å². The number of rotatable bonds is 4. The van der Waals surface area contributed by atoms with Crippen LogP contribution in [0.25, 0.3) is 0 Å². The Labute approximate surface area is 102 Å². The molecule has 0 spiro atoms. The Balaban J connectivity index is 2.93. The molecule has 0 radical (unpaired) electrons. The zero-order chi connectivity index (χ0) is 13.2. The van der Waals surface area contributed by atoms with Crippen LogP contribution >= 0.6 is 0 Å². The van der Waals surface area contributed by atoms with E-state index in [1.165, 1.54) is 6.26 Å². The van der Waals surface area contributed by atoms with E-state index in [2.05, 4.69) is 9.97 Å². The van der Waals surface area contributed by atoms with Crippen molar-refractivity contribution < 1.29 is 8.42 Å². The summed E-state index contributed by atoms with van der Waals surface area (Å²) in [5.41, 5.74) is 6.52. The number of sulfone groups is 1. The summed E-state index contributed by atoms with van der Waals surface area (Å²) in [6, 6.07) is 0. The molecule has 0 aromatic carbocycles. The molecule has 96 valence electrons. The van der Waals surface area contributed by atoms with Gasteiger partial charge in [0, 0.05) is 25.4 Å². The average molecular weight is 258 g/mol. The number of nitrogen functional groups attached to an aromatic ring is 1. The van der Waals surface area contributed by atoms with Crippen LogP contribution in [0, 0.1) is 13.8 Å². The highest BCUT2D eigenvalue weighted by atomic mass is 32.2. The molecule has 0 saturated carbocycles. The molecule has 0 unspecified atom stereocenters. The van der Waals surface area contributed by atoms with Crippen LogP contribution in [0.15, 0.2) is 0 Å². The Kier molecular flexibility index (Phi) is 3.92. The molecule has 1 aromatic heterocycles. The van der Waals surface area contributed by atoms with Gasteiger partial charge in [-0.25, -0.2) is 18.4 Å². The second-order valence-electron chi connectivity index (χ2n) is 4.16. The molecular formula is C10H18N4O2S. The Bertz CT molecular complexity index is 513. The van der Waals surface area contributed by atoms with Gasteiger partial charge in [0.2, 0.25) is 0 Å². The average Bonchev–Trinajstić information content (AvgIpc) is 2.19. The van der Waals surface area contributed by atoms with Crippen LogP contribution in [0.4, 0.5) is 11.6 Å². The lowest BCUT2D eigenvalue weighted by Gasteiger charge is -2.20. The van der Waals surface area contributed by atoms with Crippen molar-refractivity contribution in [1.29, 1.82) is 0 Å². The van der Waals surface area contributed by atoms with Crippen LogP contribution < -0.4 is 10.6 Å². The maximum Gasteiger partial charge on any atom is 0.149 e. The van der Waals surface area contributed by atoms with E-state index in [9.17, 15) is 8.42 Å². The molecule has 0 bridgehead atoms. The second-order valence-corrected chi connectivity index (χ2v) is 6.42. The lowest BCUT2D eigenvalue weighted by molar-refractivity contribution is 0.601. The molecule has 7 heteroatoms. The monoisotopic (exact) mass is 258 g/mol. The molecule has 1 aromatic rings. The van der Waals surface area contributed by atoms with Crippen molar-refractivity contribution in [3.63, 3.8) is 0 Å². The van der Waals surface area contributed by atoms with Gasteiger partial charge in [0.15, 0.2) is 0 Å². The Morgan fingerprint density at radius 2 is 1.88 bits per heavy atom. The van der Waals surface area contributed by atoms with Gasteiger partial charge in [-0.2, -0.15) is 0 Å². The Hall–Kier alpha value is -1.37. The summed E-state index contributed by atoms with van der Waals surface area (Å²) in [5.74, 6) is 1.78. The number of aryl methyl sites for hydroxylation is 1. The highest BCUT2D eigenvalue weighted by molar-refractivity contribution is 7.90. The van der Waals surface area contributed by atoms with E-state index in [-0.39, 0.29) is 5.75 Å². The van der Waals surface area contributed by atoms with Crippen molar-refractivity contribution in [2.75, 3.05) is 36.2 Å². The number of anilines is 2. The van der Waals surface area contributed by atoms with Crippen molar-refractivity contribution in [2.24, 2.45) is 0 Å². The molecule has 0 saturated heterocycles. The lowest BCUT2D eigenvalue weighted by atomic mass is 10.3. The first-order valence-electron chi connectivity index (χ1n) is 5.20. The van der Waals surface area contributed by atoms with Crippen LogP contribution in [0.5, 0.6) is 0 Å². The quantitative estimate of drug-likeness (QED) is 0.827. The van der Waals surface area contributed by atoms with Crippen molar-refractivity contribution in [1.82, 2.24) is 9.97 Å². The van der Waals surface area contributed by atoms with Gasteiger partial charge >= 0.3 is 0 Å². The van der Waals surface area contributed by atoms with E-state index in [1.807, 2.05) is 6.92 Å². The van der Waals surface area contributed by atoms with E-state index in [0.717, 1.165) is 5.56 Å². The van der Waals surface area contributed by atoms with Gasteiger partial charge in [0.25, 0.3) is 0 Å². The predicted molar refractivity (Wildman–Crippen MR) is 68.9 cm³/mol. The Morgan fingerprint density at radius 1 is 1.29 bits per heavy atom. The predicted octanol–water partition coefficient (Wildman–Crippen LogP) is 0.156. The van der Waals surface area contributed by atoms with Gasteiger partial charge in [0.1, 0.15) is 27.3 Å². The molecule has 0 aliphatic heterocycles. The van der Waals surface area contributed by atoms with Crippen LogP contribution in [0.2, 0.25) is 0 Å². The van der Waals surface area contributed by atoms with Crippen molar-refractivity contribution in [3.05, 3.63) is 11.4 Å². The fourth-order valence-corrected chi connectivity index (χ4v) is 2.02. The van der Waals surface area contributed by atoms with Crippen LogP contribution in [0.1, 0.15) is 11.4 Å². The molecule has 17 heavy (non-hydrogen) atoms. The minimum absolute atomic E-state index is 0.0892. The number of hydrogen-bond acceptors (Lipinski definition) is 6. The summed E-state index contributed by atoms with van der Waals surface area (Å²) in [4.78, 5) is 10.1. The molecule has 1 rings (SSSR count). The number of nitrogens with zero attached hydrogens (tertiary/aromatic N) is 3. The smallest absolute Gasteiger partial charge is 0.149 e. The summed E-state index contributed by atoms with van der Waals surface area (Å²) in [5, 5.41) is 0. The van der Waals surface area contributed by atoms with Crippen LogP contribution in [0.3, 0.4) is 0 Å². The zero-order valence-corrected chi connectivity index (χ0v) is 11.4. The van der Waals surface area contributed by atoms with E-state index < -0.39 is 9.84 Å². The molecule has 0 aliphatic rings. The number of hydrogen-bond donors (Lipinski definition) is 1. The topological polar surface area (TPSA) is 89.2 Å². The molecule has 6 nitrogen and oxygen atoms in total. The normalized spacial score (nSPS) is 11.5. The van der Waals surface area contributed by atoms with E-state index >= 15 is 0 Å². The van der Waals surface area contributed by atoms with Gasteiger partial charge in [-0.1, -0.05) is 0 Å². The third kappa shape index (κ3) is 3.85. The fraction of sp³-hybridized carbons (Fsp3) is 0.600. The fourth-order valence-electron chi connectivity index (χ4n) is 1.42. The third-order valence-electron chi connectivity index (χ3n) is 2.43. The molecule has 0 aliphatic carbocycles. The first-order valence-corrected chi connectivity index (χ1v) is 7.26. The SMILES string of the molecule is Cc1nc(N)c(C)c(N(C)CCS(C)(=O)=O)n1. The zero-order valence-electron chi connectivity index (χ0n) is 10.6. The minimum atomic E-state index is -2.98. The minimum Gasteiger partial charge on any atom is -0.383 e. The third-order valence-corrected chi connectivity index (χ3v) is 3.35. The summed E-state index contributed by atoms with van der Waals surface area (Å²) < 4.78 is 22.2. The molecule has 1 heterocycles. The van der Waals surface area contributed by atoms with Gasteiger partial charge in [-0.05, 0) is 13.8 Å². The van der Waals surface area contributed by atoms with Gasteiger partial charge in [-0.15, -0.1) is 0 Å². The maximum atomic E-state index is 11.1. The standard InChI is InChI=1S/C10H18N4O2S/c1-7-9(11)12-8(2)13-10(7)14(3)5-6-17(4,15)16/h5-6H2,1-4H3,(H2,11,12,13). The van der Waals surface area contributed by atoms with Crippen LogP contribution in [-0.4, -0.2) is 44.0 Å². The largest absolute Gasteiger partial charge is 0.383 e. The second kappa shape index (κ2) is 4.87. The lowest BCUT2D eigenvalue weighted by Crippen LogP contribution is -2.27. The first-order chi connectivity index (χ1) is 7.70. The highest BCUT2D eigenvalue weighted by Crippen LogP contribution is 2.20. The first kappa shape index (κ1) is 13.7. The summed E-state index contributed by atoms with van der Waals surface area (Å²) in [6.45, 7) is 3.96. The van der Waals surface area contributed by atoms with Crippen molar-refractivity contribution in [2.45, 2.75) is 13.8 Å². The van der Waals surface area contributed by atoms with E-state index in [0.29, 0.717) is 24.0 Å². The van der Waals surface area contributed by atoms with Gasteiger partial charge in [-0.3, -0.25) is 0 Å².